The SMILES string of the molecule is N#CCCCSc1ncc(-c2ccccc2)[nH]1. The standard InChI is InChI=1S/C13H13N3S/c14-8-4-5-9-17-13-15-10-12(16-13)11-6-2-1-3-7-11/h1-3,6-7,10H,4-5,9H2,(H,15,16). The van der Waals surface area contributed by atoms with Gasteiger partial charge in [-0.3, -0.25) is 0 Å². The van der Waals surface area contributed by atoms with E-state index < -0.39 is 0 Å². The summed E-state index contributed by atoms with van der Waals surface area (Å²) in [6.07, 6.45) is 3.36. The number of thioether (sulfide) groups is 1. The Labute approximate surface area is 105 Å². The Morgan fingerprint density at radius 2 is 2.12 bits per heavy atom. The van der Waals surface area contributed by atoms with E-state index in [1.54, 1.807) is 11.8 Å². The second-order valence-corrected chi connectivity index (χ2v) is 4.66. The number of H-pyrrole nitrogens is 1. The van der Waals surface area contributed by atoms with Gasteiger partial charge in [-0.2, -0.15) is 5.26 Å². The monoisotopic (exact) mass is 243 g/mol. The number of imidazole rings is 1. The quantitative estimate of drug-likeness (QED) is 0.646. The van der Waals surface area contributed by atoms with Crippen LogP contribution in [-0.2, 0) is 0 Å². The highest BCUT2D eigenvalue weighted by Crippen LogP contribution is 2.21. The Morgan fingerprint density at radius 1 is 1.29 bits per heavy atom. The minimum Gasteiger partial charge on any atom is -0.333 e. The van der Waals surface area contributed by atoms with Crippen LogP contribution in [0.25, 0.3) is 11.3 Å². The molecule has 0 radical (unpaired) electrons. The average molecular weight is 243 g/mol. The molecule has 86 valence electrons. The zero-order valence-electron chi connectivity index (χ0n) is 9.39. The normalized spacial score (nSPS) is 10.1. The Hall–Kier alpha value is -1.73. The summed E-state index contributed by atoms with van der Waals surface area (Å²) in [4.78, 5) is 7.59. The van der Waals surface area contributed by atoms with Crippen molar-refractivity contribution in [3.05, 3.63) is 36.5 Å². The second-order valence-electron chi connectivity index (χ2n) is 3.58. The lowest BCUT2D eigenvalue weighted by Crippen LogP contribution is -1.81. The number of hydrogen-bond donors (Lipinski definition) is 1. The van der Waals surface area contributed by atoms with E-state index in [0.29, 0.717) is 6.42 Å². The Morgan fingerprint density at radius 3 is 2.88 bits per heavy atom. The third-order valence-corrected chi connectivity index (χ3v) is 3.28. The number of nitrogens with one attached hydrogen (secondary N) is 1. The van der Waals surface area contributed by atoms with Crippen LogP contribution >= 0.6 is 11.8 Å². The fraction of sp³-hybridized carbons (Fsp3) is 0.231. The van der Waals surface area contributed by atoms with Crippen molar-refractivity contribution in [2.75, 3.05) is 5.75 Å². The lowest BCUT2D eigenvalue weighted by Gasteiger charge is -1.96. The maximum atomic E-state index is 8.43. The van der Waals surface area contributed by atoms with E-state index in [9.17, 15) is 0 Å². The third-order valence-electron chi connectivity index (χ3n) is 2.31. The van der Waals surface area contributed by atoms with Gasteiger partial charge in [-0.25, -0.2) is 4.98 Å². The van der Waals surface area contributed by atoms with Gasteiger partial charge in [0.25, 0.3) is 0 Å². The van der Waals surface area contributed by atoms with Gasteiger partial charge in [-0.05, 0) is 12.0 Å². The number of nitriles is 1. The van der Waals surface area contributed by atoms with Gasteiger partial charge in [-0.15, -0.1) is 0 Å². The number of aromatic nitrogens is 2. The summed E-state index contributed by atoms with van der Waals surface area (Å²) >= 11 is 1.66. The molecule has 2 aromatic rings. The van der Waals surface area contributed by atoms with Gasteiger partial charge < -0.3 is 4.98 Å². The number of nitrogens with zero attached hydrogens (tertiary/aromatic N) is 2. The molecular formula is C13H13N3S. The highest BCUT2D eigenvalue weighted by Gasteiger charge is 2.02. The molecule has 3 nitrogen and oxygen atoms in total. The summed E-state index contributed by atoms with van der Waals surface area (Å²) in [5.41, 5.74) is 2.18. The van der Waals surface area contributed by atoms with E-state index in [0.717, 1.165) is 28.6 Å². The van der Waals surface area contributed by atoms with Crippen molar-refractivity contribution < 1.29 is 0 Å². The van der Waals surface area contributed by atoms with E-state index in [4.69, 9.17) is 5.26 Å². The maximum Gasteiger partial charge on any atom is 0.165 e. The van der Waals surface area contributed by atoms with E-state index in [1.807, 2.05) is 24.4 Å². The van der Waals surface area contributed by atoms with Crippen molar-refractivity contribution >= 4 is 11.8 Å². The highest BCUT2D eigenvalue weighted by molar-refractivity contribution is 7.99. The molecule has 0 aliphatic heterocycles. The molecule has 1 N–H and O–H groups in total. The molecule has 0 aliphatic carbocycles. The first-order valence-corrected chi connectivity index (χ1v) is 6.49. The molecule has 1 aromatic carbocycles. The summed E-state index contributed by atoms with van der Waals surface area (Å²) < 4.78 is 0. The topological polar surface area (TPSA) is 52.5 Å². The minimum absolute atomic E-state index is 0.610. The van der Waals surface area contributed by atoms with Gasteiger partial charge in [-0.1, -0.05) is 42.1 Å². The molecular weight excluding hydrogens is 230 g/mol. The van der Waals surface area contributed by atoms with Gasteiger partial charge in [0.2, 0.25) is 0 Å². The second kappa shape index (κ2) is 6.12. The highest BCUT2D eigenvalue weighted by atomic mass is 32.2. The Bertz CT molecular complexity index is 499. The van der Waals surface area contributed by atoms with Gasteiger partial charge in [0.15, 0.2) is 5.16 Å². The number of hydrogen-bond acceptors (Lipinski definition) is 3. The minimum atomic E-state index is 0.610. The predicted molar refractivity (Wildman–Crippen MR) is 69.6 cm³/mol. The van der Waals surface area contributed by atoms with Crippen LogP contribution in [0.15, 0.2) is 41.7 Å². The van der Waals surface area contributed by atoms with Crippen LogP contribution < -0.4 is 0 Å². The Kier molecular flexibility index (Phi) is 4.23. The number of rotatable bonds is 5. The molecule has 2 rings (SSSR count). The smallest absolute Gasteiger partial charge is 0.165 e. The molecule has 1 aromatic heterocycles. The Balaban J connectivity index is 1.95. The molecule has 0 aliphatic rings. The molecule has 0 bridgehead atoms. The molecule has 0 saturated carbocycles. The van der Waals surface area contributed by atoms with Crippen molar-refractivity contribution in [2.45, 2.75) is 18.0 Å². The molecule has 0 spiro atoms. The van der Waals surface area contributed by atoms with E-state index >= 15 is 0 Å². The fourth-order valence-electron chi connectivity index (χ4n) is 1.46. The first kappa shape index (κ1) is 11.7. The van der Waals surface area contributed by atoms with Crippen molar-refractivity contribution in [3.8, 4) is 17.3 Å². The third kappa shape index (κ3) is 3.36. The van der Waals surface area contributed by atoms with E-state index in [-0.39, 0.29) is 0 Å². The molecule has 0 saturated heterocycles. The van der Waals surface area contributed by atoms with Gasteiger partial charge in [0, 0.05) is 12.2 Å². The lowest BCUT2D eigenvalue weighted by atomic mass is 10.2. The lowest BCUT2D eigenvalue weighted by molar-refractivity contribution is 0.970. The molecule has 17 heavy (non-hydrogen) atoms. The number of aromatic amines is 1. The molecule has 0 unspecified atom stereocenters. The molecule has 0 amide bonds. The van der Waals surface area contributed by atoms with Crippen LogP contribution in [0.5, 0.6) is 0 Å². The fourth-order valence-corrected chi connectivity index (χ4v) is 2.25. The largest absolute Gasteiger partial charge is 0.333 e. The van der Waals surface area contributed by atoms with E-state index in [1.165, 1.54) is 0 Å². The summed E-state index contributed by atoms with van der Waals surface area (Å²) in [7, 11) is 0. The van der Waals surface area contributed by atoms with Crippen LogP contribution in [0, 0.1) is 11.3 Å². The van der Waals surface area contributed by atoms with Gasteiger partial charge in [0.1, 0.15) is 0 Å². The molecule has 1 heterocycles. The van der Waals surface area contributed by atoms with Gasteiger partial charge >= 0.3 is 0 Å². The van der Waals surface area contributed by atoms with Crippen molar-refractivity contribution in [1.29, 1.82) is 5.26 Å². The van der Waals surface area contributed by atoms with Crippen LogP contribution in [0.4, 0.5) is 0 Å². The van der Waals surface area contributed by atoms with Crippen LogP contribution in [0.1, 0.15) is 12.8 Å². The number of unbranched alkanes of at least 4 members (excludes halogenated alkanes) is 1. The summed E-state index contributed by atoms with van der Waals surface area (Å²) in [5, 5.41) is 9.35. The van der Waals surface area contributed by atoms with Crippen LogP contribution in [0.3, 0.4) is 0 Å². The van der Waals surface area contributed by atoms with Crippen molar-refractivity contribution in [3.63, 3.8) is 0 Å². The summed E-state index contributed by atoms with van der Waals surface area (Å²) in [5.74, 6) is 0.926. The van der Waals surface area contributed by atoms with Crippen molar-refractivity contribution in [2.24, 2.45) is 0 Å². The molecule has 4 heteroatoms. The zero-order chi connectivity index (χ0) is 11.9. The predicted octanol–water partition coefficient (Wildman–Crippen LogP) is 3.47. The zero-order valence-corrected chi connectivity index (χ0v) is 10.2. The first-order valence-electron chi connectivity index (χ1n) is 5.50. The maximum absolute atomic E-state index is 8.43. The van der Waals surface area contributed by atoms with Crippen molar-refractivity contribution in [1.82, 2.24) is 9.97 Å². The van der Waals surface area contributed by atoms with Gasteiger partial charge in [0.05, 0.1) is 18.0 Å². The molecule has 0 fully saturated rings. The summed E-state index contributed by atoms with van der Waals surface area (Å²) in [6, 6.07) is 12.3. The molecule has 0 atom stereocenters. The van der Waals surface area contributed by atoms with Crippen LogP contribution in [0.2, 0.25) is 0 Å². The average Bonchev–Trinajstić information content (AvgIpc) is 2.85. The number of benzene rings is 1. The first-order chi connectivity index (χ1) is 8.40. The summed E-state index contributed by atoms with van der Waals surface area (Å²) in [6.45, 7) is 0. The van der Waals surface area contributed by atoms with E-state index in [2.05, 4.69) is 28.2 Å². The van der Waals surface area contributed by atoms with Crippen LogP contribution in [-0.4, -0.2) is 15.7 Å².